The molecule has 0 aliphatic rings. The van der Waals surface area contributed by atoms with Gasteiger partial charge in [0.25, 0.3) is 0 Å². The summed E-state index contributed by atoms with van der Waals surface area (Å²) in [5.41, 5.74) is 5.34. The summed E-state index contributed by atoms with van der Waals surface area (Å²) in [6, 6.07) is -0.931. The lowest BCUT2D eigenvalue weighted by molar-refractivity contribution is -0.152. The van der Waals surface area contributed by atoms with Crippen molar-refractivity contribution in [2.24, 2.45) is 5.73 Å². The largest absolute Gasteiger partial charge is 0.461 e. The van der Waals surface area contributed by atoms with Gasteiger partial charge in [0.05, 0.1) is 12.2 Å². The summed E-state index contributed by atoms with van der Waals surface area (Å²) >= 11 is 0. The highest BCUT2D eigenvalue weighted by Crippen LogP contribution is 2.00. The number of rotatable bonds is 4. The lowest BCUT2D eigenvalue weighted by Crippen LogP contribution is -2.42. The molecule has 0 spiro atoms. The third-order valence-corrected chi connectivity index (χ3v) is 1.68. The second-order valence-corrected chi connectivity index (χ2v) is 2.92. The molecule has 4 heteroatoms. The summed E-state index contributed by atoms with van der Waals surface area (Å²) in [7, 11) is 0. The standard InChI is InChI=1S/C8H17NO3/c1-4-5(2)12-8(11)7(9)6(3)10/h5-7,10H,4,9H2,1-3H3/t5-,6?,7+/m1/s1. The molecule has 0 amide bonds. The highest BCUT2D eigenvalue weighted by atomic mass is 16.5. The average molecular weight is 175 g/mol. The second kappa shape index (κ2) is 5.11. The van der Waals surface area contributed by atoms with E-state index in [9.17, 15) is 4.79 Å². The van der Waals surface area contributed by atoms with Crippen LogP contribution in [0.1, 0.15) is 27.2 Å². The molecule has 0 heterocycles. The Morgan fingerprint density at radius 1 is 1.58 bits per heavy atom. The zero-order valence-corrected chi connectivity index (χ0v) is 7.78. The highest BCUT2D eigenvalue weighted by Gasteiger charge is 2.21. The number of aliphatic hydroxyl groups is 1. The highest BCUT2D eigenvalue weighted by molar-refractivity contribution is 5.76. The smallest absolute Gasteiger partial charge is 0.325 e. The van der Waals surface area contributed by atoms with Gasteiger partial charge in [0, 0.05) is 0 Å². The van der Waals surface area contributed by atoms with Crippen LogP contribution in [0, 0.1) is 0 Å². The van der Waals surface area contributed by atoms with E-state index >= 15 is 0 Å². The molecule has 0 aromatic carbocycles. The number of nitrogens with two attached hydrogens (primary N) is 1. The number of hydrogen-bond donors (Lipinski definition) is 2. The number of aliphatic hydroxyl groups excluding tert-OH is 1. The molecule has 0 aliphatic heterocycles. The summed E-state index contributed by atoms with van der Waals surface area (Å²) in [6.45, 7) is 5.15. The van der Waals surface area contributed by atoms with Crippen molar-refractivity contribution in [3.8, 4) is 0 Å². The zero-order valence-electron chi connectivity index (χ0n) is 7.78. The van der Waals surface area contributed by atoms with Gasteiger partial charge in [-0.25, -0.2) is 0 Å². The summed E-state index contributed by atoms with van der Waals surface area (Å²) in [6.07, 6.45) is -0.248. The van der Waals surface area contributed by atoms with Crippen molar-refractivity contribution in [3.05, 3.63) is 0 Å². The number of carbonyl (C=O) groups is 1. The van der Waals surface area contributed by atoms with Gasteiger partial charge >= 0.3 is 5.97 Å². The lowest BCUT2D eigenvalue weighted by atomic mass is 10.2. The number of ether oxygens (including phenoxy) is 1. The quantitative estimate of drug-likeness (QED) is 0.591. The van der Waals surface area contributed by atoms with Gasteiger partial charge in [-0.1, -0.05) is 6.92 Å². The van der Waals surface area contributed by atoms with Gasteiger partial charge in [-0.05, 0) is 20.3 Å². The van der Waals surface area contributed by atoms with E-state index in [1.807, 2.05) is 6.92 Å². The Bertz CT molecular complexity index is 147. The van der Waals surface area contributed by atoms with Gasteiger partial charge in [0.15, 0.2) is 0 Å². The first-order valence-corrected chi connectivity index (χ1v) is 4.13. The predicted octanol–water partition coefficient (Wildman–Crippen LogP) is 0.0362. The van der Waals surface area contributed by atoms with Gasteiger partial charge in [0.2, 0.25) is 0 Å². The van der Waals surface area contributed by atoms with E-state index in [2.05, 4.69) is 0 Å². The fourth-order valence-electron chi connectivity index (χ4n) is 0.557. The van der Waals surface area contributed by atoms with Crippen molar-refractivity contribution in [2.45, 2.75) is 45.4 Å². The van der Waals surface area contributed by atoms with Crippen LogP contribution in [-0.2, 0) is 9.53 Å². The summed E-state index contributed by atoms with van der Waals surface area (Å²) in [4.78, 5) is 11.0. The maximum absolute atomic E-state index is 11.0. The molecule has 0 aromatic heterocycles. The minimum Gasteiger partial charge on any atom is -0.461 e. The van der Waals surface area contributed by atoms with Gasteiger partial charge in [0.1, 0.15) is 6.04 Å². The van der Waals surface area contributed by atoms with Gasteiger partial charge in [-0.3, -0.25) is 4.79 Å². The Balaban J connectivity index is 3.87. The first kappa shape index (κ1) is 11.4. The summed E-state index contributed by atoms with van der Waals surface area (Å²) in [5, 5.41) is 8.95. The molecule has 0 radical (unpaired) electrons. The zero-order chi connectivity index (χ0) is 9.72. The van der Waals surface area contributed by atoms with Crippen LogP contribution in [0.2, 0.25) is 0 Å². The van der Waals surface area contributed by atoms with Gasteiger partial charge in [-0.15, -0.1) is 0 Å². The number of hydrogen-bond acceptors (Lipinski definition) is 4. The molecular formula is C8H17NO3. The Hall–Kier alpha value is -0.610. The SMILES string of the molecule is CC[C@@H](C)OC(=O)[C@@H](N)C(C)O. The number of esters is 1. The topological polar surface area (TPSA) is 72.5 Å². The van der Waals surface area contributed by atoms with E-state index in [0.29, 0.717) is 0 Å². The normalized spacial score (nSPS) is 18.1. The van der Waals surface area contributed by atoms with Crippen LogP contribution in [0.3, 0.4) is 0 Å². The molecule has 0 aliphatic carbocycles. The molecule has 4 nitrogen and oxygen atoms in total. The van der Waals surface area contributed by atoms with Crippen LogP contribution in [0.25, 0.3) is 0 Å². The molecule has 0 fully saturated rings. The Labute approximate surface area is 72.7 Å². The third-order valence-electron chi connectivity index (χ3n) is 1.68. The molecule has 0 bridgehead atoms. The molecule has 0 rings (SSSR count). The molecule has 72 valence electrons. The average Bonchev–Trinajstić information content (AvgIpc) is 2.02. The van der Waals surface area contributed by atoms with Gasteiger partial charge in [-0.2, -0.15) is 0 Å². The maximum atomic E-state index is 11.0. The Kier molecular flexibility index (Phi) is 4.85. The molecule has 1 unspecified atom stereocenters. The Morgan fingerprint density at radius 2 is 2.08 bits per heavy atom. The fourth-order valence-corrected chi connectivity index (χ4v) is 0.557. The fraction of sp³-hybridized carbons (Fsp3) is 0.875. The first-order valence-electron chi connectivity index (χ1n) is 4.13. The van der Waals surface area contributed by atoms with Crippen LogP contribution in [0.15, 0.2) is 0 Å². The minimum absolute atomic E-state index is 0.137. The minimum atomic E-state index is -0.931. The van der Waals surface area contributed by atoms with Crippen molar-refractivity contribution in [3.63, 3.8) is 0 Å². The van der Waals surface area contributed by atoms with E-state index < -0.39 is 18.1 Å². The van der Waals surface area contributed by atoms with Crippen LogP contribution >= 0.6 is 0 Å². The lowest BCUT2D eigenvalue weighted by Gasteiger charge is -2.16. The Morgan fingerprint density at radius 3 is 2.42 bits per heavy atom. The predicted molar refractivity (Wildman–Crippen MR) is 45.5 cm³/mol. The molecule has 0 saturated carbocycles. The van der Waals surface area contributed by atoms with Crippen molar-refractivity contribution in [2.75, 3.05) is 0 Å². The second-order valence-electron chi connectivity index (χ2n) is 2.92. The van der Waals surface area contributed by atoms with Gasteiger partial charge < -0.3 is 15.6 Å². The molecule has 3 atom stereocenters. The van der Waals surface area contributed by atoms with Crippen molar-refractivity contribution >= 4 is 5.97 Å². The van der Waals surface area contributed by atoms with Crippen LogP contribution in [0.5, 0.6) is 0 Å². The van der Waals surface area contributed by atoms with E-state index in [1.165, 1.54) is 6.92 Å². The first-order chi connectivity index (χ1) is 5.49. The molecular weight excluding hydrogens is 158 g/mol. The summed E-state index contributed by atoms with van der Waals surface area (Å²) < 4.78 is 4.90. The summed E-state index contributed by atoms with van der Waals surface area (Å²) in [5.74, 6) is -0.542. The van der Waals surface area contributed by atoms with Crippen LogP contribution in [-0.4, -0.2) is 29.3 Å². The van der Waals surface area contributed by atoms with E-state index in [0.717, 1.165) is 6.42 Å². The van der Waals surface area contributed by atoms with Crippen molar-refractivity contribution in [1.29, 1.82) is 0 Å². The van der Waals surface area contributed by atoms with Crippen LogP contribution in [0.4, 0.5) is 0 Å². The van der Waals surface area contributed by atoms with E-state index in [4.69, 9.17) is 15.6 Å². The molecule has 3 N–H and O–H groups in total. The van der Waals surface area contributed by atoms with Crippen LogP contribution < -0.4 is 5.73 Å². The van der Waals surface area contributed by atoms with Crippen molar-refractivity contribution < 1.29 is 14.6 Å². The molecule has 0 saturated heterocycles. The van der Waals surface area contributed by atoms with Crippen molar-refractivity contribution in [1.82, 2.24) is 0 Å². The molecule has 0 aromatic rings. The van der Waals surface area contributed by atoms with E-state index in [-0.39, 0.29) is 6.10 Å². The monoisotopic (exact) mass is 175 g/mol. The molecule has 12 heavy (non-hydrogen) atoms. The third kappa shape index (κ3) is 3.69. The maximum Gasteiger partial charge on any atom is 0.325 e. The van der Waals surface area contributed by atoms with E-state index in [1.54, 1.807) is 6.92 Å². The number of carbonyl (C=O) groups excluding carboxylic acids is 1.